The molecule has 0 amide bonds. The van der Waals surface area contributed by atoms with Crippen LogP contribution in [0.1, 0.15) is 18.9 Å². The second kappa shape index (κ2) is 5.77. The molecule has 0 bridgehead atoms. The smallest absolute Gasteiger partial charge is 0.244 e. The molecule has 5 nitrogen and oxygen atoms in total. The molecule has 0 saturated carbocycles. The summed E-state index contributed by atoms with van der Waals surface area (Å²) in [5, 5.41) is 2.91. The minimum atomic E-state index is -3.91. The van der Waals surface area contributed by atoms with Crippen LogP contribution in [0, 0.1) is 5.82 Å². The first-order valence-electron chi connectivity index (χ1n) is 6.41. The third-order valence-corrected chi connectivity index (χ3v) is 4.92. The van der Waals surface area contributed by atoms with Crippen molar-refractivity contribution in [1.82, 2.24) is 10.0 Å². The van der Waals surface area contributed by atoms with E-state index in [2.05, 4.69) is 10.0 Å². The molecule has 1 aliphatic heterocycles. The molecule has 0 aromatic heterocycles. The van der Waals surface area contributed by atoms with Crippen LogP contribution >= 0.6 is 0 Å². The van der Waals surface area contributed by atoms with Gasteiger partial charge in [-0.05, 0) is 38.1 Å². The fourth-order valence-corrected chi connectivity index (χ4v) is 3.75. The Hall–Kier alpha value is -1.02. The van der Waals surface area contributed by atoms with E-state index in [1.807, 2.05) is 0 Å². The Morgan fingerprint density at radius 1 is 1.45 bits per heavy atom. The molecule has 0 aliphatic carbocycles. The fourth-order valence-electron chi connectivity index (χ4n) is 2.19. The van der Waals surface area contributed by atoms with Crippen LogP contribution in [0.3, 0.4) is 0 Å². The van der Waals surface area contributed by atoms with Crippen LogP contribution < -0.4 is 10.0 Å². The van der Waals surface area contributed by atoms with Crippen molar-refractivity contribution in [2.24, 2.45) is 0 Å². The SMILES string of the molecule is CNCc1ccc(F)c(S(=O)(=O)NC2(C)CCOC2)c1. The standard InChI is InChI=1S/C13H19FN2O3S/c1-13(5-6-19-9-13)16-20(17,18)12-7-10(8-15-2)3-4-11(12)14/h3-4,7,15-16H,5-6,8-9H2,1-2H3. The van der Waals surface area contributed by atoms with E-state index in [-0.39, 0.29) is 4.90 Å². The highest BCUT2D eigenvalue weighted by Crippen LogP contribution is 2.23. The molecule has 7 heteroatoms. The zero-order chi connectivity index (χ0) is 14.8. The fraction of sp³-hybridized carbons (Fsp3) is 0.538. The Bertz CT molecular complexity index is 583. The van der Waals surface area contributed by atoms with Crippen LogP contribution in [0.15, 0.2) is 23.1 Å². The number of hydrogen-bond donors (Lipinski definition) is 2. The van der Waals surface area contributed by atoms with Gasteiger partial charge in [0.1, 0.15) is 10.7 Å². The third-order valence-electron chi connectivity index (χ3n) is 3.27. The molecule has 1 saturated heterocycles. The van der Waals surface area contributed by atoms with E-state index in [9.17, 15) is 12.8 Å². The van der Waals surface area contributed by atoms with Gasteiger partial charge in [-0.3, -0.25) is 0 Å². The van der Waals surface area contributed by atoms with Gasteiger partial charge in [-0.25, -0.2) is 17.5 Å². The summed E-state index contributed by atoms with van der Waals surface area (Å²) in [5.74, 6) is -0.750. The second-order valence-corrected chi connectivity index (χ2v) is 6.91. The van der Waals surface area contributed by atoms with Crippen molar-refractivity contribution >= 4 is 10.0 Å². The lowest BCUT2D eigenvalue weighted by Crippen LogP contribution is -2.46. The molecule has 1 aromatic carbocycles. The Morgan fingerprint density at radius 2 is 2.20 bits per heavy atom. The largest absolute Gasteiger partial charge is 0.379 e. The maximum Gasteiger partial charge on any atom is 0.244 e. The number of sulfonamides is 1. The molecule has 1 unspecified atom stereocenters. The molecule has 1 atom stereocenters. The van der Waals surface area contributed by atoms with Crippen LogP contribution in [0.25, 0.3) is 0 Å². The highest BCUT2D eigenvalue weighted by Gasteiger charge is 2.35. The normalized spacial score (nSPS) is 23.1. The van der Waals surface area contributed by atoms with Crippen molar-refractivity contribution in [1.29, 1.82) is 0 Å². The summed E-state index contributed by atoms with van der Waals surface area (Å²) in [4.78, 5) is -0.321. The summed E-state index contributed by atoms with van der Waals surface area (Å²) in [5.41, 5.74) is 0.0340. The molecular formula is C13H19FN2O3S. The molecule has 2 N–H and O–H groups in total. The molecular weight excluding hydrogens is 283 g/mol. The van der Waals surface area contributed by atoms with Crippen molar-refractivity contribution in [2.45, 2.75) is 30.3 Å². The Morgan fingerprint density at radius 3 is 2.80 bits per heavy atom. The van der Waals surface area contributed by atoms with Gasteiger partial charge in [-0.2, -0.15) is 0 Å². The molecule has 1 aliphatic rings. The van der Waals surface area contributed by atoms with Crippen LogP contribution in [0.5, 0.6) is 0 Å². The van der Waals surface area contributed by atoms with Crippen LogP contribution in [-0.4, -0.2) is 34.2 Å². The maximum atomic E-state index is 13.8. The average molecular weight is 302 g/mol. The van der Waals surface area contributed by atoms with Crippen LogP contribution in [-0.2, 0) is 21.3 Å². The predicted molar refractivity (Wildman–Crippen MR) is 73.3 cm³/mol. The first kappa shape index (κ1) is 15.4. The Labute approximate surface area is 118 Å². The van der Waals surface area contributed by atoms with Gasteiger partial charge in [-0.1, -0.05) is 6.07 Å². The van der Waals surface area contributed by atoms with E-state index < -0.39 is 21.4 Å². The van der Waals surface area contributed by atoms with Gasteiger partial charge < -0.3 is 10.1 Å². The molecule has 112 valence electrons. The number of ether oxygens (including phenoxy) is 1. The number of benzene rings is 1. The van der Waals surface area contributed by atoms with Crippen molar-refractivity contribution in [3.8, 4) is 0 Å². The topological polar surface area (TPSA) is 67.4 Å². The van der Waals surface area contributed by atoms with Crippen molar-refractivity contribution in [3.05, 3.63) is 29.6 Å². The molecule has 1 fully saturated rings. The number of rotatable bonds is 5. The monoisotopic (exact) mass is 302 g/mol. The summed E-state index contributed by atoms with van der Waals surface area (Å²) in [6.07, 6.45) is 0.573. The summed E-state index contributed by atoms with van der Waals surface area (Å²) in [7, 11) is -2.16. The first-order valence-corrected chi connectivity index (χ1v) is 7.89. The predicted octanol–water partition coefficient (Wildman–Crippen LogP) is 1.00. The van der Waals surface area contributed by atoms with Crippen molar-refractivity contribution < 1.29 is 17.5 Å². The second-order valence-electron chi connectivity index (χ2n) is 5.26. The van der Waals surface area contributed by atoms with E-state index in [1.54, 1.807) is 20.0 Å². The van der Waals surface area contributed by atoms with E-state index in [4.69, 9.17) is 4.74 Å². The van der Waals surface area contributed by atoms with E-state index >= 15 is 0 Å². The lowest BCUT2D eigenvalue weighted by atomic mass is 10.0. The number of nitrogens with one attached hydrogen (secondary N) is 2. The van der Waals surface area contributed by atoms with Crippen molar-refractivity contribution in [2.75, 3.05) is 20.3 Å². The van der Waals surface area contributed by atoms with Gasteiger partial charge in [-0.15, -0.1) is 0 Å². The van der Waals surface area contributed by atoms with Gasteiger partial charge in [0.25, 0.3) is 0 Å². The molecule has 1 aromatic rings. The minimum Gasteiger partial charge on any atom is -0.379 e. The molecule has 2 rings (SSSR count). The summed E-state index contributed by atoms with van der Waals surface area (Å²) in [6, 6.07) is 4.09. The van der Waals surface area contributed by atoms with Gasteiger partial charge in [0.05, 0.1) is 12.1 Å². The highest BCUT2D eigenvalue weighted by molar-refractivity contribution is 7.89. The lowest BCUT2D eigenvalue weighted by Gasteiger charge is -2.23. The molecule has 20 heavy (non-hydrogen) atoms. The molecule has 0 radical (unpaired) electrons. The Balaban J connectivity index is 2.31. The molecule has 0 spiro atoms. The molecule has 1 heterocycles. The maximum absolute atomic E-state index is 13.8. The zero-order valence-corrected chi connectivity index (χ0v) is 12.4. The van der Waals surface area contributed by atoms with Crippen molar-refractivity contribution in [3.63, 3.8) is 0 Å². The van der Waals surface area contributed by atoms with Gasteiger partial charge in [0, 0.05) is 13.2 Å². The average Bonchev–Trinajstić information content (AvgIpc) is 2.77. The number of halogens is 1. The highest BCUT2D eigenvalue weighted by atomic mass is 32.2. The van der Waals surface area contributed by atoms with Crippen LogP contribution in [0.4, 0.5) is 4.39 Å². The summed E-state index contributed by atoms with van der Waals surface area (Å²) in [6.45, 7) is 3.03. The quantitative estimate of drug-likeness (QED) is 0.851. The van der Waals surface area contributed by atoms with Gasteiger partial charge >= 0.3 is 0 Å². The van der Waals surface area contributed by atoms with Gasteiger partial charge in [0.2, 0.25) is 10.0 Å². The third kappa shape index (κ3) is 3.35. The van der Waals surface area contributed by atoms with E-state index in [1.165, 1.54) is 12.1 Å². The first-order chi connectivity index (χ1) is 9.36. The van der Waals surface area contributed by atoms with Crippen LogP contribution in [0.2, 0.25) is 0 Å². The number of hydrogen-bond acceptors (Lipinski definition) is 4. The van der Waals surface area contributed by atoms with E-state index in [0.717, 1.165) is 0 Å². The summed E-state index contributed by atoms with van der Waals surface area (Å²) >= 11 is 0. The summed E-state index contributed by atoms with van der Waals surface area (Å²) < 4.78 is 46.3. The van der Waals surface area contributed by atoms with Gasteiger partial charge in [0.15, 0.2) is 0 Å². The zero-order valence-electron chi connectivity index (χ0n) is 11.6. The minimum absolute atomic E-state index is 0.296. The lowest BCUT2D eigenvalue weighted by molar-refractivity contribution is 0.178. The van der Waals surface area contributed by atoms with E-state index in [0.29, 0.717) is 31.7 Å². The Kier molecular flexibility index (Phi) is 4.43.